The molecule has 0 bridgehead atoms. The topological polar surface area (TPSA) is 58.2 Å². The second kappa shape index (κ2) is 12.2. The van der Waals surface area contributed by atoms with Crippen LogP contribution in [-0.4, -0.2) is 11.8 Å². The number of hydrogen-bond acceptors (Lipinski definition) is 2. The Morgan fingerprint density at radius 3 is 1.48 bits per heavy atom. The average molecular weight is 608 g/mol. The van der Waals surface area contributed by atoms with Crippen LogP contribution >= 0.6 is 23.2 Å². The second-order valence-corrected chi connectivity index (χ2v) is 11.6. The monoisotopic (exact) mass is 606 g/mol. The van der Waals surface area contributed by atoms with Crippen molar-refractivity contribution in [1.29, 1.82) is 0 Å². The van der Waals surface area contributed by atoms with E-state index in [1.807, 2.05) is 38.1 Å². The van der Waals surface area contributed by atoms with E-state index in [1.54, 1.807) is 0 Å². The number of anilines is 2. The molecule has 0 unspecified atom stereocenters. The van der Waals surface area contributed by atoms with E-state index in [0.717, 1.165) is 54.4 Å². The van der Waals surface area contributed by atoms with E-state index < -0.39 is 23.4 Å². The van der Waals surface area contributed by atoms with Crippen LogP contribution in [0.5, 0.6) is 0 Å². The summed E-state index contributed by atoms with van der Waals surface area (Å²) < 4.78 is 28.6. The van der Waals surface area contributed by atoms with Gasteiger partial charge in [-0.15, -0.1) is 0 Å². The van der Waals surface area contributed by atoms with Gasteiger partial charge in [-0.2, -0.15) is 0 Å². The zero-order chi connectivity index (χ0) is 30.0. The first kappa shape index (κ1) is 29.7. The number of carbonyl (C=O) groups is 2. The molecule has 4 aromatic carbocycles. The van der Waals surface area contributed by atoms with Crippen LogP contribution in [0.3, 0.4) is 0 Å². The van der Waals surface area contributed by atoms with E-state index in [4.69, 9.17) is 23.2 Å². The first-order valence-corrected chi connectivity index (χ1v) is 14.6. The zero-order valence-electron chi connectivity index (χ0n) is 23.3. The number of rotatable bonds is 6. The molecule has 2 N–H and O–H groups in total. The lowest BCUT2D eigenvalue weighted by molar-refractivity contribution is 0.101. The lowest BCUT2D eigenvalue weighted by Crippen LogP contribution is -2.31. The average Bonchev–Trinajstić information content (AvgIpc) is 2.95. The third kappa shape index (κ3) is 5.79. The summed E-state index contributed by atoms with van der Waals surface area (Å²) in [6, 6.07) is 20.2. The molecule has 0 aromatic heterocycles. The van der Waals surface area contributed by atoms with Crippen LogP contribution in [0.1, 0.15) is 75.1 Å². The summed E-state index contributed by atoms with van der Waals surface area (Å²) in [4.78, 5) is 25.7. The molecule has 1 fully saturated rings. The molecule has 0 radical (unpaired) electrons. The number of carbonyl (C=O) groups excluding carboxylic acids is 2. The van der Waals surface area contributed by atoms with Crippen molar-refractivity contribution in [3.8, 4) is 0 Å². The predicted molar refractivity (Wildman–Crippen MR) is 165 cm³/mol. The summed E-state index contributed by atoms with van der Waals surface area (Å²) in [7, 11) is 0. The summed E-state index contributed by atoms with van der Waals surface area (Å²) in [6.07, 6.45) is 5.16. The van der Waals surface area contributed by atoms with Gasteiger partial charge in [-0.3, -0.25) is 9.59 Å². The minimum absolute atomic E-state index is 0.0509. The van der Waals surface area contributed by atoms with E-state index in [9.17, 15) is 18.4 Å². The van der Waals surface area contributed by atoms with E-state index in [0.29, 0.717) is 11.4 Å². The highest BCUT2D eigenvalue weighted by molar-refractivity contribution is 6.35. The van der Waals surface area contributed by atoms with Crippen LogP contribution in [0.25, 0.3) is 0 Å². The molecule has 0 heterocycles. The Morgan fingerprint density at radius 2 is 1.10 bits per heavy atom. The van der Waals surface area contributed by atoms with Crippen molar-refractivity contribution in [2.24, 2.45) is 0 Å². The standard InChI is InChI=1S/C34H30Cl2F2N2O2/c1-20-18-22(12-14-28(20)39-32(41)30-24(35)8-6-10-26(30)37)34(16-4-3-5-17-34)23-13-15-29(21(2)19-23)40-33(42)31-25(36)9-7-11-27(31)38/h6-15,18-19H,3-5,16-17H2,1-2H3,(H,39,41)(H,40,42). The van der Waals surface area contributed by atoms with Crippen molar-refractivity contribution in [1.82, 2.24) is 0 Å². The van der Waals surface area contributed by atoms with E-state index in [1.165, 1.54) is 36.4 Å². The van der Waals surface area contributed by atoms with Crippen molar-refractivity contribution in [3.05, 3.63) is 128 Å². The summed E-state index contributed by atoms with van der Waals surface area (Å²) in [6.45, 7) is 3.83. The third-order valence-electron chi connectivity index (χ3n) is 8.14. The third-order valence-corrected chi connectivity index (χ3v) is 8.77. The molecule has 42 heavy (non-hydrogen) atoms. The van der Waals surface area contributed by atoms with Gasteiger partial charge in [0, 0.05) is 16.8 Å². The first-order chi connectivity index (χ1) is 20.1. The summed E-state index contributed by atoms with van der Waals surface area (Å²) in [5.41, 5.74) is 4.46. The largest absolute Gasteiger partial charge is 0.322 e. The van der Waals surface area contributed by atoms with Crippen molar-refractivity contribution >= 4 is 46.4 Å². The van der Waals surface area contributed by atoms with Gasteiger partial charge in [-0.25, -0.2) is 8.78 Å². The van der Waals surface area contributed by atoms with Crippen molar-refractivity contribution in [2.45, 2.75) is 51.4 Å². The van der Waals surface area contributed by atoms with E-state index in [2.05, 4.69) is 22.8 Å². The van der Waals surface area contributed by atoms with Gasteiger partial charge in [0.1, 0.15) is 11.6 Å². The van der Waals surface area contributed by atoms with Gasteiger partial charge in [0.15, 0.2) is 0 Å². The van der Waals surface area contributed by atoms with Crippen molar-refractivity contribution < 1.29 is 18.4 Å². The Bertz CT molecular complexity index is 1530. The van der Waals surface area contributed by atoms with Crippen LogP contribution in [0.15, 0.2) is 72.8 Å². The smallest absolute Gasteiger partial charge is 0.260 e. The fourth-order valence-corrected chi connectivity index (χ4v) is 6.40. The number of hydrogen-bond donors (Lipinski definition) is 2. The molecular weight excluding hydrogens is 577 g/mol. The highest BCUT2D eigenvalue weighted by atomic mass is 35.5. The Labute approximate surface area is 254 Å². The van der Waals surface area contributed by atoms with Gasteiger partial charge in [0.25, 0.3) is 11.8 Å². The molecule has 0 aliphatic heterocycles. The van der Waals surface area contributed by atoms with Crippen LogP contribution in [0, 0.1) is 25.5 Å². The summed E-state index contributed by atoms with van der Waals surface area (Å²) in [5, 5.41) is 5.72. The van der Waals surface area contributed by atoms with E-state index in [-0.39, 0.29) is 26.6 Å². The number of nitrogens with one attached hydrogen (secondary N) is 2. The summed E-state index contributed by atoms with van der Waals surface area (Å²) in [5.74, 6) is -2.57. The molecule has 0 spiro atoms. The Balaban J connectivity index is 1.44. The molecule has 8 heteroatoms. The van der Waals surface area contributed by atoms with Gasteiger partial charge < -0.3 is 10.6 Å². The molecule has 5 rings (SSSR count). The van der Waals surface area contributed by atoms with Gasteiger partial charge in [-0.05, 0) is 85.3 Å². The molecule has 4 nitrogen and oxygen atoms in total. The van der Waals surface area contributed by atoms with Gasteiger partial charge in [0.2, 0.25) is 0 Å². The quantitative estimate of drug-likeness (QED) is 0.229. The van der Waals surface area contributed by atoms with Crippen molar-refractivity contribution in [2.75, 3.05) is 10.6 Å². The molecule has 1 aliphatic carbocycles. The lowest BCUT2D eigenvalue weighted by atomic mass is 9.65. The second-order valence-electron chi connectivity index (χ2n) is 10.8. The number of halogens is 4. The molecule has 4 aromatic rings. The van der Waals surface area contributed by atoms with Gasteiger partial charge >= 0.3 is 0 Å². The van der Waals surface area contributed by atoms with Crippen molar-refractivity contribution in [3.63, 3.8) is 0 Å². The first-order valence-electron chi connectivity index (χ1n) is 13.8. The number of aryl methyl sites for hydroxylation is 2. The maximum Gasteiger partial charge on any atom is 0.260 e. The molecule has 2 amide bonds. The molecule has 0 saturated heterocycles. The molecule has 1 aliphatic rings. The molecule has 0 atom stereocenters. The van der Waals surface area contributed by atoms with Gasteiger partial charge in [0.05, 0.1) is 21.2 Å². The number of amides is 2. The predicted octanol–water partition coefficient (Wildman–Crippen LogP) is 9.64. The minimum Gasteiger partial charge on any atom is -0.322 e. The fourth-order valence-electron chi connectivity index (χ4n) is 5.90. The lowest BCUT2D eigenvalue weighted by Gasteiger charge is -2.39. The maximum absolute atomic E-state index is 14.3. The van der Waals surface area contributed by atoms with Crippen LogP contribution in [0.4, 0.5) is 20.2 Å². The van der Waals surface area contributed by atoms with E-state index >= 15 is 0 Å². The number of benzene rings is 4. The zero-order valence-corrected chi connectivity index (χ0v) is 24.8. The van der Waals surface area contributed by atoms with Crippen LogP contribution in [-0.2, 0) is 5.41 Å². The van der Waals surface area contributed by atoms with Crippen LogP contribution < -0.4 is 10.6 Å². The minimum atomic E-state index is -0.678. The Kier molecular flexibility index (Phi) is 8.67. The highest BCUT2D eigenvalue weighted by Gasteiger charge is 2.36. The molecule has 216 valence electrons. The van der Waals surface area contributed by atoms with Crippen LogP contribution in [0.2, 0.25) is 10.0 Å². The molecular formula is C34H30Cl2F2N2O2. The Hall–Kier alpha value is -3.74. The fraction of sp³-hybridized carbons (Fsp3) is 0.235. The normalized spacial score (nSPS) is 14.3. The summed E-state index contributed by atoms with van der Waals surface area (Å²) >= 11 is 12.2. The highest BCUT2D eigenvalue weighted by Crippen LogP contribution is 2.46. The van der Waals surface area contributed by atoms with Gasteiger partial charge in [-0.1, -0.05) is 78.9 Å². The molecule has 1 saturated carbocycles. The SMILES string of the molecule is Cc1cc(C2(c3ccc(NC(=O)c4c(F)cccc4Cl)c(C)c3)CCCCC2)ccc1NC(=O)c1c(F)cccc1Cl. The Morgan fingerprint density at radius 1 is 0.667 bits per heavy atom. The maximum atomic E-state index is 14.3.